The molecule has 0 spiro atoms. The molecule has 6 atom stereocenters. The molecule has 3 aliphatic rings. The summed E-state index contributed by atoms with van der Waals surface area (Å²) in [5, 5.41) is 9.43. The molecule has 1 saturated carbocycles. The van der Waals surface area contributed by atoms with E-state index in [2.05, 4.69) is 18.2 Å². The molecule has 33 heavy (non-hydrogen) atoms. The average molecular weight is 467 g/mol. The number of carbonyl (C=O) groups excluding carboxylic acids is 1. The average Bonchev–Trinajstić information content (AvgIpc) is 3.16. The minimum Gasteiger partial charge on any atom is -0.469 e. The maximum absolute atomic E-state index is 11.3. The van der Waals surface area contributed by atoms with E-state index in [1.54, 1.807) is 0 Å². The summed E-state index contributed by atoms with van der Waals surface area (Å²) in [5.41, 5.74) is 0. The van der Waals surface area contributed by atoms with Crippen LogP contribution in [0.25, 0.3) is 0 Å². The van der Waals surface area contributed by atoms with Gasteiger partial charge >= 0.3 is 5.97 Å². The molecule has 188 valence electrons. The molecule has 7 heteroatoms. The van der Waals surface area contributed by atoms with E-state index in [-0.39, 0.29) is 49.2 Å². The van der Waals surface area contributed by atoms with Crippen molar-refractivity contribution >= 4 is 5.97 Å². The lowest BCUT2D eigenvalue weighted by Gasteiger charge is -2.30. The summed E-state index contributed by atoms with van der Waals surface area (Å²) in [5.74, 6) is 0.194. The summed E-state index contributed by atoms with van der Waals surface area (Å²) in [4.78, 5) is 11.3. The Kier molecular flexibility index (Phi) is 11.9. The van der Waals surface area contributed by atoms with E-state index in [9.17, 15) is 9.90 Å². The molecular formula is C26H42O7. The third-order valence-corrected chi connectivity index (χ3v) is 6.81. The van der Waals surface area contributed by atoms with Crippen LogP contribution in [0.3, 0.4) is 0 Å². The molecule has 2 heterocycles. The Morgan fingerprint density at radius 3 is 2.27 bits per heavy atom. The third-order valence-electron chi connectivity index (χ3n) is 6.81. The van der Waals surface area contributed by atoms with Gasteiger partial charge in [-0.25, -0.2) is 0 Å². The van der Waals surface area contributed by atoms with Gasteiger partial charge in [-0.05, 0) is 63.7 Å². The number of hydrogen-bond acceptors (Lipinski definition) is 7. The quantitative estimate of drug-likeness (QED) is 0.261. The van der Waals surface area contributed by atoms with E-state index in [0.29, 0.717) is 6.42 Å². The van der Waals surface area contributed by atoms with E-state index in [0.717, 1.165) is 77.4 Å². The van der Waals surface area contributed by atoms with Crippen LogP contribution in [-0.2, 0) is 28.5 Å². The highest BCUT2D eigenvalue weighted by Gasteiger charge is 2.44. The van der Waals surface area contributed by atoms with Crippen LogP contribution in [0.1, 0.15) is 70.6 Å². The summed E-state index contributed by atoms with van der Waals surface area (Å²) in [6.07, 6.45) is 17.9. The molecule has 0 radical (unpaired) electrons. The fourth-order valence-corrected chi connectivity index (χ4v) is 5.05. The van der Waals surface area contributed by atoms with Crippen molar-refractivity contribution < 1.29 is 33.6 Å². The number of aliphatic hydroxyl groups is 1. The Hall–Kier alpha value is -1.25. The molecule has 0 amide bonds. The number of hydrogen-bond donors (Lipinski definition) is 1. The summed E-state index contributed by atoms with van der Waals surface area (Å²) in [7, 11) is 1.42. The molecule has 0 aromatic carbocycles. The highest BCUT2D eigenvalue weighted by atomic mass is 16.7. The number of methoxy groups -OCH3 is 1. The van der Waals surface area contributed by atoms with Gasteiger partial charge in [-0.15, -0.1) is 0 Å². The second-order valence-corrected chi connectivity index (χ2v) is 9.20. The van der Waals surface area contributed by atoms with E-state index < -0.39 is 0 Å². The molecule has 3 rings (SSSR count). The largest absolute Gasteiger partial charge is 0.469 e. The number of rotatable bonds is 12. The number of ether oxygens (including phenoxy) is 5. The molecule has 2 unspecified atom stereocenters. The summed E-state index contributed by atoms with van der Waals surface area (Å²) < 4.78 is 29.4. The first-order valence-corrected chi connectivity index (χ1v) is 12.7. The second kappa shape index (κ2) is 14.9. The van der Waals surface area contributed by atoms with E-state index in [1.165, 1.54) is 7.11 Å². The predicted molar refractivity (Wildman–Crippen MR) is 124 cm³/mol. The first-order chi connectivity index (χ1) is 16.2. The van der Waals surface area contributed by atoms with Gasteiger partial charge < -0.3 is 28.8 Å². The highest BCUT2D eigenvalue weighted by molar-refractivity contribution is 5.69. The standard InChI is InChI=1S/C26H42O7/c1-29-24(28)13-5-3-2-4-11-20-21(12-10-16-27)23(33-26-15-7-9-18-31-26)19-22(20)32-25-14-6-8-17-30-25/h2,4,10,12,20-23,25-27H,3,5-9,11,13-19H2,1H3/t20-,21-,22+,23-,25?,26?/m1/s1. The van der Waals surface area contributed by atoms with Crippen LogP contribution < -0.4 is 0 Å². The summed E-state index contributed by atoms with van der Waals surface area (Å²) >= 11 is 0. The lowest BCUT2D eigenvalue weighted by Crippen LogP contribution is -2.31. The normalized spacial score (nSPS) is 33.2. The van der Waals surface area contributed by atoms with Crippen molar-refractivity contribution in [2.75, 3.05) is 26.9 Å². The van der Waals surface area contributed by atoms with Gasteiger partial charge in [0, 0.05) is 32.0 Å². The molecule has 0 aromatic heterocycles. The van der Waals surface area contributed by atoms with Crippen LogP contribution in [0.4, 0.5) is 0 Å². The number of esters is 1. The summed E-state index contributed by atoms with van der Waals surface area (Å²) in [6.45, 7) is 1.52. The first-order valence-electron chi connectivity index (χ1n) is 12.7. The van der Waals surface area contributed by atoms with Crippen molar-refractivity contribution in [1.82, 2.24) is 0 Å². The molecule has 1 aliphatic carbocycles. The highest BCUT2D eigenvalue weighted by Crippen LogP contribution is 2.42. The Balaban J connectivity index is 1.64. The van der Waals surface area contributed by atoms with Crippen LogP contribution in [0, 0.1) is 11.8 Å². The molecule has 1 N–H and O–H groups in total. The van der Waals surface area contributed by atoms with Crippen LogP contribution in [0.5, 0.6) is 0 Å². The predicted octanol–water partition coefficient (Wildman–Crippen LogP) is 4.28. The van der Waals surface area contributed by atoms with Gasteiger partial charge in [-0.1, -0.05) is 24.3 Å². The van der Waals surface area contributed by atoms with Crippen molar-refractivity contribution in [2.24, 2.45) is 11.8 Å². The second-order valence-electron chi connectivity index (χ2n) is 9.20. The van der Waals surface area contributed by atoms with Crippen molar-refractivity contribution in [1.29, 1.82) is 0 Å². The van der Waals surface area contributed by atoms with E-state index in [1.807, 2.05) is 6.08 Å². The lowest BCUT2D eigenvalue weighted by molar-refractivity contribution is -0.203. The topological polar surface area (TPSA) is 83.5 Å². The van der Waals surface area contributed by atoms with Crippen LogP contribution in [0.2, 0.25) is 0 Å². The third kappa shape index (κ3) is 8.80. The van der Waals surface area contributed by atoms with Crippen LogP contribution in [0.15, 0.2) is 24.3 Å². The smallest absolute Gasteiger partial charge is 0.305 e. The fourth-order valence-electron chi connectivity index (χ4n) is 5.05. The van der Waals surface area contributed by atoms with Gasteiger partial charge in [0.15, 0.2) is 12.6 Å². The fraction of sp³-hybridized carbons (Fsp3) is 0.808. The minimum absolute atomic E-state index is 0.0104. The zero-order chi connectivity index (χ0) is 23.3. The molecule has 3 fully saturated rings. The van der Waals surface area contributed by atoms with Crippen molar-refractivity contribution in [3.05, 3.63) is 24.3 Å². The van der Waals surface area contributed by atoms with E-state index in [4.69, 9.17) is 23.7 Å². The lowest BCUT2D eigenvalue weighted by atomic mass is 9.89. The minimum atomic E-state index is -0.167. The number of aliphatic hydroxyl groups excluding tert-OH is 1. The Morgan fingerprint density at radius 1 is 0.970 bits per heavy atom. The molecular weight excluding hydrogens is 424 g/mol. The van der Waals surface area contributed by atoms with Crippen LogP contribution >= 0.6 is 0 Å². The Bertz CT molecular complexity index is 608. The SMILES string of the molecule is COC(=O)CCCC=CC[C@@H]1[C@@H](C=CCO)[C@H](OC2CCCCO2)C[C@@H]1OC1CCCCO1. The number of allylic oxidation sites excluding steroid dienone is 2. The van der Waals surface area contributed by atoms with Crippen molar-refractivity contribution in [3.63, 3.8) is 0 Å². The maximum atomic E-state index is 11.3. The Morgan fingerprint density at radius 2 is 1.67 bits per heavy atom. The molecule has 0 aromatic rings. The van der Waals surface area contributed by atoms with Crippen molar-refractivity contribution in [3.8, 4) is 0 Å². The van der Waals surface area contributed by atoms with Gasteiger partial charge in [0.2, 0.25) is 0 Å². The molecule has 7 nitrogen and oxygen atoms in total. The summed E-state index contributed by atoms with van der Waals surface area (Å²) in [6, 6.07) is 0. The zero-order valence-electron chi connectivity index (χ0n) is 20.1. The molecule has 2 aliphatic heterocycles. The monoisotopic (exact) mass is 466 g/mol. The Labute approximate surface area is 198 Å². The van der Waals surface area contributed by atoms with Gasteiger partial charge in [0.25, 0.3) is 0 Å². The van der Waals surface area contributed by atoms with Crippen molar-refractivity contribution in [2.45, 2.75) is 95.4 Å². The van der Waals surface area contributed by atoms with Gasteiger partial charge in [-0.2, -0.15) is 0 Å². The van der Waals surface area contributed by atoms with E-state index >= 15 is 0 Å². The van der Waals surface area contributed by atoms with Gasteiger partial charge in [-0.3, -0.25) is 4.79 Å². The molecule has 0 bridgehead atoms. The zero-order valence-corrected chi connectivity index (χ0v) is 20.1. The van der Waals surface area contributed by atoms with Crippen LogP contribution in [-0.4, -0.2) is 62.8 Å². The van der Waals surface area contributed by atoms with Gasteiger partial charge in [0.1, 0.15) is 0 Å². The first kappa shape index (κ1) is 26.4. The number of unbranched alkanes of at least 4 members (excludes halogenated alkanes) is 1. The van der Waals surface area contributed by atoms with Gasteiger partial charge in [0.05, 0.1) is 25.9 Å². The number of carbonyl (C=O) groups is 1. The molecule has 2 saturated heterocycles. The maximum Gasteiger partial charge on any atom is 0.305 e.